The molecule has 1 heterocycles. The highest BCUT2D eigenvalue weighted by atomic mass is 16.7. The smallest absolute Gasteiger partial charge is 0.407 e. The second-order valence-electron chi connectivity index (χ2n) is 22.3. The number of amides is 3. The van der Waals surface area contributed by atoms with Crippen LogP contribution in [-0.4, -0.2) is 170 Å². The fourth-order valence-electron chi connectivity index (χ4n) is 9.57. The molecular weight excluding hydrogens is 1030 g/mol. The van der Waals surface area contributed by atoms with Crippen LogP contribution in [0.25, 0.3) is 0 Å². The number of unbranched alkanes of at least 4 members (excludes halogenated alkanes) is 28. The average molecular weight is 1140 g/mol. The van der Waals surface area contributed by atoms with E-state index in [-0.39, 0.29) is 6.54 Å². The third-order valence-corrected chi connectivity index (χ3v) is 15.0. The van der Waals surface area contributed by atoms with Crippen LogP contribution in [0.15, 0.2) is 24.3 Å². The number of hydrogen-bond acceptors (Lipinski definition) is 16. The molecule has 2 rings (SSSR count). The summed E-state index contributed by atoms with van der Waals surface area (Å²) < 4.78 is 22.3. The van der Waals surface area contributed by atoms with Gasteiger partial charge in [-0.05, 0) is 30.5 Å². The van der Waals surface area contributed by atoms with E-state index in [0.29, 0.717) is 29.0 Å². The Balaban J connectivity index is 1.93. The zero-order valence-electron chi connectivity index (χ0n) is 49.0. The van der Waals surface area contributed by atoms with Crippen molar-refractivity contribution in [2.24, 2.45) is 0 Å². The molecule has 20 nitrogen and oxygen atoms in total. The molecule has 0 saturated carbocycles. The number of hydroxylamine groups is 1. The number of aliphatic hydroxyl groups excluding tert-OH is 8. The highest BCUT2D eigenvalue weighted by Gasteiger charge is 2.47. The maximum Gasteiger partial charge on any atom is 0.407 e. The number of ether oxygens (including phenoxy) is 4. The normalized spacial score (nSPS) is 19.2. The average Bonchev–Trinajstić information content (AvgIpc) is 3.46. The summed E-state index contributed by atoms with van der Waals surface area (Å²) in [4.78, 5) is 38.7. The van der Waals surface area contributed by atoms with Crippen molar-refractivity contribution in [1.82, 2.24) is 16.0 Å². The van der Waals surface area contributed by atoms with Gasteiger partial charge in [-0.15, -0.1) is 0 Å². The molecule has 464 valence electrons. The minimum atomic E-state index is -2.26. The van der Waals surface area contributed by atoms with Gasteiger partial charge in [0.05, 0.1) is 13.2 Å². The van der Waals surface area contributed by atoms with Crippen molar-refractivity contribution in [3.8, 4) is 0 Å². The Morgan fingerprint density at radius 1 is 0.613 bits per heavy atom. The predicted octanol–water partition coefficient (Wildman–Crippen LogP) is 7.45. The Labute approximate surface area is 478 Å². The number of carbonyl (C=O) groups is 3. The number of aliphatic hydroxyl groups is 8. The maximum atomic E-state index is 13.9. The predicted molar refractivity (Wildman–Crippen MR) is 308 cm³/mol. The summed E-state index contributed by atoms with van der Waals surface area (Å²) in [5, 5.41) is 104. The van der Waals surface area contributed by atoms with Crippen LogP contribution < -0.4 is 16.0 Å². The molecule has 80 heavy (non-hydrogen) atoms. The number of nitrogens with one attached hydrogen (secondary N) is 3. The molecule has 1 aliphatic rings. The first-order valence-corrected chi connectivity index (χ1v) is 30.7. The van der Waals surface area contributed by atoms with E-state index in [2.05, 4.69) is 29.8 Å². The molecule has 1 saturated heterocycles. The Bertz CT molecular complexity index is 1710. The number of nitrogens with zero attached hydrogens (tertiary/aromatic N) is 1. The van der Waals surface area contributed by atoms with E-state index in [4.69, 9.17) is 18.9 Å². The molecule has 1 aromatic carbocycles. The van der Waals surface area contributed by atoms with Crippen LogP contribution in [0.4, 0.5) is 9.59 Å². The lowest BCUT2D eigenvalue weighted by Gasteiger charge is -2.42. The summed E-state index contributed by atoms with van der Waals surface area (Å²) in [6, 6.07) is 6.28. The third kappa shape index (κ3) is 31.1. The van der Waals surface area contributed by atoms with E-state index in [9.17, 15) is 60.4 Å². The minimum absolute atomic E-state index is 0.187. The van der Waals surface area contributed by atoms with Crippen molar-refractivity contribution >= 4 is 24.3 Å². The van der Waals surface area contributed by atoms with Gasteiger partial charge in [-0.2, -0.15) is 4.74 Å². The first-order valence-electron chi connectivity index (χ1n) is 30.7. The van der Waals surface area contributed by atoms with Crippen LogP contribution in [-0.2, 0) is 30.3 Å². The lowest BCUT2D eigenvalue weighted by Crippen LogP contribution is -2.62. The Morgan fingerprint density at radius 3 is 1.40 bits per heavy atom. The molecule has 0 bridgehead atoms. The molecule has 1 fully saturated rings. The molecule has 9 atom stereocenters. The van der Waals surface area contributed by atoms with Crippen LogP contribution >= 0.6 is 0 Å². The molecule has 1 aliphatic heterocycles. The van der Waals surface area contributed by atoms with Crippen LogP contribution in [0.5, 0.6) is 0 Å². The number of alkyl carbamates (subject to hydrolysis) is 2. The first kappa shape index (κ1) is 72.4. The van der Waals surface area contributed by atoms with Gasteiger partial charge in [0.1, 0.15) is 42.7 Å². The highest BCUT2D eigenvalue weighted by molar-refractivity contribution is 5.81. The number of rotatable bonds is 48. The van der Waals surface area contributed by atoms with Gasteiger partial charge < -0.3 is 81.0 Å². The summed E-state index contributed by atoms with van der Waals surface area (Å²) in [7, 11) is 0. The van der Waals surface area contributed by atoms with Gasteiger partial charge in [0.2, 0.25) is 5.54 Å². The molecule has 4 unspecified atom stereocenters. The molecule has 0 radical (unpaired) electrons. The van der Waals surface area contributed by atoms with Crippen LogP contribution in [0, 0.1) is 5.21 Å². The van der Waals surface area contributed by atoms with Gasteiger partial charge >= 0.3 is 12.2 Å². The zero-order chi connectivity index (χ0) is 58.8. The molecule has 20 heteroatoms. The van der Waals surface area contributed by atoms with Gasteiger partial charge in [0.15, 0.2) is 31.8 Å². The molecule has 1 aromatic rings. The van der Waals surface area contributed by atoms with Gasteiger partial charge in [0.25, 0.3) is 5.91 Å². The molecular formula is C60H108N4O16. The first-order chi connectivity index (χ1) is 38.6. The molecule has 0 spiro atoms. The monoisotopic (exact) mass is 1140 g/mol. The van der Waals surface area contributed by atoms with Crippen LogP contribution in [0.1, 0.15) is 225 Å². The lowest BCUT2D eigenvalue weighted by molar-refractivity contribution is -0.547. The van der Waals surface area contributed by atoms with Gasteiger partial charge in [-0.25, -0.2) is 9.59 Å². The standard InChI is InChI=1S/C60H108N4O16/c1-4-6-8-10-12-14-16-18-20-22-24-26-28-30-32-38-61-58(74)77-44-60(3,45-78-59(75)62-39-33-31-29-27-25-23-21-19-17-15-13-11-9-7-5-2)64(76)41-47-36-34-46(35-37-47)40-63-56(73)53(71)52(70)55(48(67)42-65)80-57-54(72)51(69)50(68)49(43-66)79-57/h34-37,41,48-55,57,65-72H,4-33,38-40,42-45H2,1-3H3,(H,61,74)(H,62,75)(H,63,73)/b64-41-/t48?,49?,50-,51-,52+,53?,54?,55-,57-/m0/s1. The van der Waals surface area contributed by atoms with Crippen LogP contribution in [0.3, 0.4) is 0 Å². The zero-order valence-corrected chi connectivity index (χ0v) is 49.0. The van der Waals surface area contributed by atoms with Crippen molar-refractivity contribution < 1.29 is 78.9 Å². The van der Waals surface area contributed by atoms with Crippen molar-refractivity contribution in [3.63, 3.8) is 0 Å². The van der Waals surface area contributed by atoms with E-state index in [1.807, 2.05) is 0 Å². The largest absolute Gasteiger partial charge is 0.623 e. The SMILES string of the molecule is CCCCCCCCCCCCCCCCCNC(=O)OCC(C)(COC(=O)NCCCCCCCCCCCCCCCCC)/[N+]([O-])=C/c1ccc(CNC(=O)C(O)[C@@H](O)[C@@H](O[C@@H]2OC(CO)[C@H](O)[C@H](O)C2O)C(O)CO)cc1. The van der Waals surface area contributed by atoms with E-state index in [0.717, 1.165) is 51.4 Å². The third-order valence-electron chi connectivity index (χ3n) is 15.0. The fourth-order valence-corrected chi connectivity index (χ4v) is 9.57. The Hall–Kier alpha value is -3.70. The topological polar surface area (TPSA) is 312 Å². The Kier molecular flexibility index (Phi) is 40.6. The summed E-state index contributed by atoms with van der Waals surface area (Å²) in [5.74, 6) is -1.13. The second-order valence-corrected chi connectivity index (χ2v) is 22.3. The van der Waals surface area contributed by atoms with Crippen molar-refractivity contribution in [3.05, 3.63) is 40.6 Å². The van der Waals surface area contributed by atoms with Crippen LogP contribution in [0.2, 0.25) is 0 Å². The second kappa shape index (κ2) is 44.8. The quantitative estimate of drug-likeness (QED) is 0.00993. The van der Waals surface area contributed by atoms with Gasteiger partial charge in [-0.1, -0.05) is 206 Å². The minimum Gasteiger partial charge on any atom is -0.623 e. The summed E-state index contributed by atoms with van der Waals surface area (Å²) in [5.41, 5.74) is -0.654. The fraction of sp³-hybridized carbons (Fsp3) is 0.833. The summed E-state index contributed by atoms with van der Waals surface area (Å²) in [6.07, 6.45) is 19.5. The van der Waals surface area contributed by atoms with E-state index in [1.165, 1.54) is 154 Å². The number of carbonyl (C=O) groups excluding carboxylic acids is 3. The highest BCUT2D eigenvalue weighted by Crippen LogP contribution is 2.26. The van der Waals surface area contributed by atoms with Crippen molar-refractivity contribution in [2.75, 3.05) is 39.5 Å². The van der Waals surface area contributed by atoms with Crippen molar-refractivity contribution in [1.29, 1.82) is 0 Å². The number of hydrogen-bond donors (Lipinski definition) is 11. The summed E-state index contributed by atoms with van der Waals surface area (Å²) in [6.45, 7) is 4.00. The van der Waals surface area contributed by atoms with E-state index >= 15 is 0 Å². The number of benzene rings is 1. The van der Waals surface area contributed by atoms with Gasteiger partial charge in [0, 0.05) is 32.1 Å². The summed E-state index contributed by atoms with van der Waals surface area (Å²) >= 11 is 0. The van der Waals surface area contributed by atoms with Crippen molar-refractivity contribution in [2.45, 2.75) is 281 Å². The maximum absolute atomic E-state index is 13.9. The molecule has 0 aliphatic carbocycles. The Morgan fingerprint density at radius 2 is 1.01 bits per heavy atom. The van der Waals surface area contributed by atoms with Gasteiger partial charge in [-0.3, -0.25) is 4.79 Å². The molecule has 3 amide bonds. The lowest BCUT2D eigenvalue weighted by atomic mass is 9.98. The van der Waals surface area contributed by atoms with E-state index in [1.54, 1.807) is 24.3 Å². The van der Waals surface area contributed by atoms with E-state index < -0.39 is 105 Å². The molecule has 0 aromatic heterocycles. The molecule has 11 N–H and O–H groups in total.